The predicted octanol–water partition coefficient (Wildman–Crippen LogP) is 0.447. The minimum atomic E-state index is -0.322. The first-order valence-electron chi connectivity index (χ1n) is 7.60. The Morgan fingerprint density at radius 1 is 1.12 bits per heavy atom. The van der Waals surface area contributed by atoms with Gasteiger partial charge in [0.15, 0.2) is 0 Å². The van der Waals surface area contributed by atoms with E-state index in [9.17, 15) is 14.7 Å². The Bertz CT molecular complexity index is 736. The van der Waals surface area contributed by atoms with E-state index < -0.39 is 0 Å². The zero-order valence-corrected chi connectivity index (χ0v) is 12.8. The van der Waals surface area contributed by atoms with Gasteiger partial charge >= 0.3 is 0 Å². The Balaban J connectivity index is 1.43. The van der Waals surface area contributed by atoms with E-state index in [2.05, 4.69) is 25.6 Å². The summed E-state index contributed by atoms with van der Waals surface area (Å²) in [5, 5.41) is 24.2. The van der Waals surface area contributed by atoms with Crippen molar-refractivity contribution in [2.75, 3.05) is 6.54 Å². The summed E-state index contributed by atoms with van der Waals surface area (Å²) >= 11 is 0. The molecule has 1 aromatic carbocycles. The molecule has 2 heterocycles. The monoisotopic (exact) mass is 327 g/mol. The summed E-state index contributed by atoms with van der Waals surface area (Å²) < 4.78 is 0. The number of imide groups is 1. The number of nitrogens with one attached hydrogen (secondary N) is 1. The summed E-state index contributed by atoms with van der Waals surface area (Å²) in [6, 6.07) is 6.81. The van der Waals surface area contributed by atoms with Crippen molar-refractivity contribution in [1.29, 1.82) is 0 Å². The van der Waals surface area contributed by atoms with Crippen LogP contribution in [0.2, 0.25) is 0 Å². The molecule has 0 saturated heterocycles. The first-order valence-corrected chi connectivity index (χ1v) is 7.60. The number of aromatic nitrogens is 4. The van der Waals surface area contributed by atoms with Gasteiger partial charge in [-0.3, -0.25) is 14.5 Å². The molecule has 0 saturated carbocycles. The molecule has 0 unspecified atom stereocenters. The van der Waals surface area contributed by atoms with Crippen LogP contribution in [-0.4, -0.2) is 49.8 Å². The highest BCUT2D eigenvalue weighted by atomic mass is 16.3. The van der Waals surface area contributed by atoms with Gasteiger partial charge in [0.05, 0.1) is 11.1 Å². The van der Waals surface area contributed by atoms with Crippen molar-refractivity contribution >= 4 is 23.7 Å². The van der Waals surface area contributed by atoms with Crippen molar-refractivity contribution < 1.29 is 14.7 Å². The number of H-pyrrole nitrogens is 1. The van der Waals surface area contributed by atoms with E-state index in [4.69, 9.17) is 0 Å². The number of unbranched alkanes of at least 4 members (excludes halogenated alkanes) is 2. The second kappa shape index (κ2) is 6.99. The van der Waals surface area contributed by atoms with Gasteiger partial charge in [-0.1, -0.05) is 23.7 Å². The third kappa shape index (κ3) is 3.29. The molecule has 124 valence electrons. The van der Waals surface area contributed by atoms with E-state index in [1.54, 1.807) is 24.3 Å². The molecule has 24 heavy (non-hydrogen) atoms. The molecule has 0 atom stereocenters. The summed E-state index contributed by atoms with van der Waals surface area (Å²) in [6.45, 7) is 0.350. The van der Waals surface area contributed by atoms with Gasteiger partial charge in [0.2, 0.25) is 0 Å². The standard InChI is InChI=1S/C15H16N6O3/c22-12(16-15-17-19-20-18-15)8-2-1-5-9-21-13(23)10-6-3-4-7-11(10)14(21)24/h3-4,6-7H,1-2,5,8-9H2,(H2,16,17,18,19,20,22)/p-1. The van der Waals surface area contributed by atoms with Crippen molar-refractivity contribution in [2.24, 2.45) is 4.99 Å². The molecule has 1 aromatic heterocycles. The Morgan fingerprint density at radius 3 is 2.46 bits per heavy atom. The number of aromatic amines is 1. The highest BCUT2D eigenvalue weighted by Crippen LogP contribution is 2.22. The molecule has 9 heteroatoms. The normalized spacial score (nSPS) is 14.3. The lowest BCUT2D eigenvalue weighted by Gasteiger charge is -2.14. The topological polar surface area (TPSA) is 127 Å². The van der Waals surface area contributed by atoms with E-state index in [1.165, 1.54) is 4.90 Å². The van der Waals surface area contributed by atoms with Gasteiger partial charge in [0.25, 0.3) is 17.8 Å². The minimum absolute atomic E-state index is 0.0195. The third-order valence-electron chi connectivity index (χ3n) is 3.71. The number of hydrogen-bond donors (Lipinski definition) is 1. The molecule has 0 radical (unpaired) electrons. The lowest BCUT2D eigenvalue weighted by Crippen LogP contribution is -2.30. The summed E-state index contributed by atoms with van der Waals surface area (Å²) in [4.78, 5) is 29.3. The smallest absolute Gasteiger partial charge is 0.287 e. The summed E-state index contributed by atoms with van der Waals surface area (Å²) in [5.41, 5.74) is 0.910. The van der Waals surface area contributed by atoms with Gasteiger partial charge in [-0.25, -0.2) is 4.99 Å². The maximum absolute atomic E-state index is 12.2. The van der Waals surface area contributed by atoms with Crippen LogP contribution in [0.4, 0.5) is 5.95 Å². The molecule has 2 aromatic rings. The van der Waals surface area contributed by atoms with Gasteiger partial charge in [-0.15, -0.1) is 5.10 Å². The average Bonchev–Trinajstić information content (AvgIpc) is 3.17. The third-order valence-corrected chi connectivity index (χ3v) is 3.71. The average molecular weight is 327 g/mol. The lowest BCUT2D eigenvalue weighted by molar-refractivity contribution is -0.218. The number of tetrazole rings is 1. The zero-order valence-electron chi connectivity index (χ0n) is 12.8. The quantitative estimate of drug-likeness (QED) is 0.340. The fraction of sp³-hybridized carbons (Fsp3) is 0.333. The lowest BCUT2D eigenvalue weighted by atomic mass is 10.1. The van der Waals surface area contributed by atoms with Crippen LogP contribution in [0.3, 0.4) is 0 Å². The van der Waals surface area contributed by atoms with Gasteiger partial charge < -0.3 is 5.11 Å². The number of aliphatic imine (C=N–C) groups is 1. The second-order valence-corrected chi connectivity index (χ2v) is 5.34. The number of rotatable bonds is 7. The number of nitrogens with zero attached hydrogens (tertiary/aromatic N) is 5. The Kier molecular flexibility index (Phi) is 4.59. The van der Waals surface area contributed by atoms with Gasteiger partial charge in [-0.2, -0.15) is 5.21 Å². The molecular formula is C15H15N6O3-. The van der Waals surface area contributed by atoms with E-state index in [1.807, 2.05) is 0 Å². The van der Waals surface area contributed by atoms with Gasteiger partial charge in [0.1, 0.15) is 0 Å². The second-order valence-electron chi connectivity index (χ2n) is 5.34. The maximum atomic E-state index is 12.2. The molecule has 1 aliphatic rings. The van der Waals surface area contributed by atoms with Crippen LogP contribution in [0.1, 0.15) is 46.4 Å². The Morgan fingerprint density at radius 2 is 1.83 bits per heavy atom. The summed E-state index contributed by atoms with van der Waals surface area (Å²) in [6.07, 6.45) is 2.22. The van der Waals surface area contributed by atoms with Crippen molar-refractivity contribution in [1.82, 2.24) is 25.5 Å². The van der Waals surface area contributed by atoms with Crippen molar-refractivity contribution in [3.05, 3.63) is 35.4 Å². The summed E-state index contributed by atoms with van der Waals surface area (Å²) in [7, 11) is 0. The first kappa shape index (κ1) is 15.8. The van der Waals surface area contributed by atoms with Crippen LogP contribution < -0.4 is 5.11 Å². The molecular weight excluding hydrogens is 312 g/mol. The highest BCUT2D eigenvalue weighted by molar-refractivity contribution is 6.21. The van der Waals surface area contributed by atoms with Gasteiger partial charge in [0, 0.05) is 6.54 Å². The van der Waals surface area contributed by atoms with Crippen LogP contribution in [0.15, 0.2) is 29.3 Å². The molecule has 0 spiro atoms. The fourth-order valence-corrected chi connectivity index (χ4v) is 2.54. The SMILES string of the molecule is O=C1c2ccccc2C(=O)N1CCCCCC([O-])=Nc1nn[nH]n1. The fourth-order valence-electron chi connectivity index (χ4n) is 2.54. The molecule has 0 bridgehead atoms. The van der Waals surface area contributed by atoms with Crippen molar-refractivity contribution in [3.8, 4) is 0 Å². The minimum Gasteiger partial charge on any atom is -0.862 e. The van der Waals surface area contributed by atoms with Crippen LogP contribution in [-0.2, 0) is 0 Å². The molecule has 1 N–H and O–H groups in total. The Labute approximate surface area is 137 Å². The summed E-state index contributed by atoms with van der Waals surface area (Å²) in [5.74, 6) is -0.805. The molecule has 9 nitrogen and oxygen atoms in total. The van der Waals surface area contributed by atoms with Crippen molar-refractivity contribution in [2.45, 2.75) is 25.7 Å². The van der Waals surface area contributed by atoms with Crippen LogP contribution in [0.5, 0.6) is 0 Å². The maximum Gasteiger partial charge on any atom is 0.287 e. The number of hydrogen-bond acceptors (Lipinski definition) is 7. The largest absolute Gasteiger partial charge is 0.862 e. The van der Waals surface area contributed by atoms with Crippen LogP contribution >= 0.6 is 0 Å². The van der Waals surface area contributed by atoms with E-state index >= 15 is 0 Å². The highest BCUT2D eigenvalue weighted by Gasteiger charge is 2.34. The number of fused-ring (bicyclic) bond motifs is 1. The first-order chi connectivity index (χ1) is 11.7. The number of benzene rings is 1. The van der Waals surface area contributed by atoms with Gasteiger partial charge in [-0.05, 0) is 42.5 Å². The zero-order chi connectivity index (χ0) is 16.9. The van der Waals surface area contributed by atoms with E-state index in [0.717, 1.165) is 0 Å². The van der Waals surface area contributed by atoms with Crippen LogP contribution in [0.25, 0.3) is 0 Å². The van der Waals surface area contributed by atoms with E-state index in [-0.39, 0.29) is 30.1 Å². The molecule has 0 aliphatic carbocycles. The number of carbonyl (C=O) groups excluding carboxylic acids is 2. The molecule has 1 aliphatic heterocycles. The molecule has 2 amide bonds. The van der Waals surface area contributed by atoms with E-state index in [0.29, 0.717) is 36.9 Å². The number of amides is 2. The van der Waals surface area contributed by atoms with Crippen LogP contribution in [0, 0.1) is 0 Å². The predicted molar refractivity (Wildman–Crippen MR) is 81.5 cm³/mol. The Hall–Kier alpha value is -3.10. The molecule has 3 rings (SSSR count). The van der Waals surface area contributed by atoms with Crippen molar-refractivity contribution in [3.63, 3.8) is 0 Å². The number of carbonyl (C=O) groups is 2. The molecule has 0 fully saturated rings.